The highest BCUT2D eigenvalue weighted by Crippen LogP contribution is 2.33. The third kappa shape index (κ3) is 6.83. The molecule has 2 aliphatic heterocycles. The number of fused-ring (bicyclic) bond motifs is 2. The summed E-state index contributed by atoms with van der Waals surface area (Å²) in [7, 11) is 1.33. The van der Waals surface area contributed by atoms with E-state index < -0.39 is 11.9 Å². The molecule has 0 unspecified atom stereocenters. The van der Waals surface area contributed by atoms with E-state index in [2.05, 4.69) is 30.1 Å². The monoisotopic (exact) mass is 714 g/mol. The van der Waals surface area contributed by atoms with Crippen molar-refractivity contribution in [2.24, 2.45) is 0 Å². The minimum Gasteiger partial charge on any atom is -0.478 e. The summed E-state index contributed by atoms with van der Waals surface area (Å²) in [5, 5.41) is 17.3. The fraction of sp³-hybridized carbons (Fsp3) is 0.143. The number of aromatic nitrogens is 8. The Morgan fingerprint density at radius 1 is 0.717 bits per heavy atom. The number of hydrogen-bond donors (Lipinski definition) is 3. The highest BCUT2D eigenvalue weighted by molar-refractivity contribution is 6.02. The Hall–Kier alpha value is -7.50. The lowest BCUT2D eigenvalue weighted by Crippen LogP contribution is -2.27. The fourth-order valence-corrected chi connectivity index (χ4v) is 5.86. The standard InChI is InChI=1S/C18H16N6O3.C17H14N6O3/c1-27-17(26)12-5-2-4-11(8-12)10-23-14(25)9-13-15(19)21-18(22-16(13)23)24-7-3-6-20-24;18-14-12-8-13(24)22(9-10-3-1-4-11(7-10)16(25)26)15(12)21-17(20-14)23-6-2-5-19-23/h2-8H,9-10H2,1H3,(H2,19,21,22);1-7H,8-9H2,(H,25,26)(H2,18,20,21). The zero-order chi connectivity index (χ0) is 37.2. The number of methoxy groups -OCH3 is 1. The van der Waals surface area contributed by atoms with Crippen molar-refractivity contribution in [2.45, 2.75) is 25.9 Å². The molecule has 8 rings (SSSR count). The number of aromatic carboxylic acids is 1. The number of hydrogen-bond acceptors (Lipinski definition) is 13. The first-order chi connectivity index (χ1) is 25.6. The van der Waals surface area contributed by atoms with Crippen molar-refractivity contribution in [1.29, 1.82) is 0 Å². The van der Waals surface area contributed by atoms with E-state index in [1.165, 1.54) is 38.4 Å². The number of carbonyl (C=O) groups excluding carboxylic acids is 3. The van der Waals surface area contributed by atoms with Crippen molar-refractivity contribution in [3.63, 3.8) is 0 Å². The maximum Gasteiger partial charge on any atom is 0.337 e. The van der Waals surface area contributed by atoms with E-state index in [0.29, 0.717) is 39.8 Å². The molecule has 5 N–H and O–H groups in total. The molecule has 0 spiro atoms. The van der Waals surface area contributed by atoms with Gasteiger partial charge in [-0.1, -0.05) is 24.3 Å². The number of rotatable bonds is 8. The quantitative estimate of drug-likeness (QED) is 0.191. The Bertz CT molecular complexity index is 2380. The van der Waals surface area contributed by atoms with E-state index in [1.807, 2.05) is 6.07 Å². The summed E-state index contributed by atoms with van der Waals surface area (Å²) in [6, 6.07) is 16.8. The van der Waals surface area contributed by atoms with Crippen LogP contribution in [-0.4, -0.2) is 75.5 Å². The predicted molar refractivity (Wildman–Crippen MR) is 188 cm³/mol. The van der Waals surface area contributed by atoms with Gasteiger partial charge in [-0.3, -0.25) is 19.4 Å². The van der Waals surface area contributed by atoms with Gasteiger partial charge >= 0.3 is 11.9 Å². The van der Waals surface area contributed by atoms with Crippen molar-refractivity contribution < 1.29 is 29.0 Å². The van der Waals surface area contributed by atoms with Crippen LogP contribution in [0.2, 0.25) is 0 Å². The van der Waals surface area contributed by atoms with Gasteiger partial charge in [-0.25, -0.2) is 19.0 Å². The number of esters is 1. The molecule has 0 fully saturated rings. The van der Waals surface area contributed by atoms with Crippen molar-refractivity contribution in [1.82, 2.24) is 39.5 Å². The second kappa shape index (κ2) is 14.0. The van der Waals surface area contributed by atoms with Crippen LogP contribution in [0.3, 0.4) is 0 Å². The normalized spacial score (nSPS) is 13.0. The Balaban J connectivity index is 0.000000164. The molecule has 2 aromatic carbocycles. The van der Waals surface area contributed by atoms with E-state index >= 15 is 0 Å². The first-order valence-corrected chi connectivity index (χ1v) is 16.0. The number of anilines is 4. The molecule has 0 aliphatic carbocycles. The van der Waals surface area contributed by atoms with Gasteiger partial charge in [-0.15, -0.1) is 0 Å². The van der Waals surface area contributed by atoms with Crippen LogP contribution in [0.5, 0.6) is 0 Å². The molecule has 0 saturated heterocycles. The Kier molecular flexibility index (Phi) is 8.99. The lowest BCUT2D eigenvalue weighted by atomic mass is 10.1. The van der Waals surface area contributed by atoms with Crippen LogP contribution in [0.4, 0.5) is 23.3 Å². The Morgan fingerprint density at radius 2 is 1.19 bits per heavy atom. The first kappa shape index (κ1) is 34.0. The lowest BCUT2D eigenvalue weighted by Gasteiger charge is -2.17. The number of nitrogen functional groups attached to an aromatic ring is 2. The van der Waals surface area contributed by atoms with Crippen molar-refractivity contribution >= 4 is 47.0 Å². The third-order valence-corrected chi connectivity index (χ3v) is 8.40. The lowest BCUT2D eigenvalue weighted by molar-refractivity contribution is -0.118. The van der Waals surface area contributed by atoms with Crippen LogP contribution in [0.25, 0.3) is 11.9 Å². The molecule has 4 aromatic heterocycles. The number of carboxylic acids is 1. The van der Waals surface area contributed by atoms with E-state index in [-0.39, 0.29) is 60.9 Å². The van der Waals surface area contributed by atoms with Gasteiger partial charge in [0.15, 0.2) is 0 Å². The van der Waals surface area contributed by atoms with Crippen LogP contribution >= 0.6 is 0 Å². The highest BCUT2D eigenvalue weighted by Gasteiger charge is 2.33. The molecule has 53 heavy (non-hydrogen) atoms. The molecule has 18 nitrogen and oxygen atoms in total. The minimum absolute atomic E-state index is 0.110. The third-order valence-electron chi connectivity index (χ3n) is 8.40. The molecule has 0 bridgehead atoms. The molecule has 6 heterocycles. The molecule has 2 amide bonds. The Labute approximate surface area is 300 Å². The van der Waals surface area contributed by atoms with Gasteiger partial charge in [0.05, 0.1) is 44.2 Å². The maximum atomic E-state index is 12.5. The maximum absolute atomic E-state index is 12.5. The number of amides is 2. The van der Waals surface area contributed by atoms with Gasteiger partial charge in [-0.05, 0) is 47.5 Å². The number of nitrogens with zero attached hydrogens (tertiary/aromatic N) is 10. The summed E-state index contributed by atoms with van der Waals surface area (Å²) in [6.45, 7) is 0.452. The molecule has 266 valence electrons. The van der Waals surface area contributed by atoms with Crippen molar-refractivity contribution in [3.8, 4) is 11.9 Å². The van der Waals surface area contributed by atoms with Crippen LogP contribution < -0.4 is 21.3 Å². The largest absolute Gasteiger partial charge is 0.478 e. The van der Waals surface area contributed by atoms with E-state index in [0.717, 1.165) is 5.56 Å². The smallest absolute Gasteiger partial charge is 0.337 e. The molecular weight excluding hydrogens is 684 g/mol. The fourth-order valence-electron chi connectivity index (χ4n) is 5.86. The summed E-state index contributed by atoms with van der Waals surface area (Å²) in [5.74, 6) is 0.177. The predicted octanol–water partition coefficient (Wildman–Crippen LogP) is 2.15. The van der Waals surface area contributed by atoms with Crippen LogP contribution in [0.1, 0.15) is 43.0 Å². The topological polar surface area (TPSA) is 243 Å². The summed E-state index contributed by atoms with van der Waals surface area (Å²) < 4.78 is 7.69. The summed E-state index contributed by atoms with van der Waals surface area (Å²) in [4.78, 5) is 68.3. The second-order valence-electron chi connectivity index (χ2n) is 11.8. The van der Waals surface area contributed by atoms with Gasteiger partial charge in [0, 0.05) is 35.9 Å². The molecule has 2 aliphatic rings. The van der Waals surface area contributed by atoms with E-state index in [4.69, 9.17) is 21.3 Å². The van der Waals surface area contributed by atoms with E-state index in [1.54, 1.807) is 67.3 Å². The Morgan fingerprint density at radius 3 is 1.62 bits per heavy atom. The molecule has 0 saturated carbocycles. The summed E-state index contributed by atoms with van der Waals surface area (Å²) in [5.41, 5.74) is 15.3. The number of benzene rings is 2. The molecule has 18 heteroatoms. The van der Waals surface area contributed by atoms with E-state index in [9.17, 15) is 19.2 Å². The molecule has 6 aromatic rings. The summed E-state index contributed by atoms with van der Waals surface area (Å²) >= 11 is 0. The minimum atomic E-state index is -1.02. The zero-order valence-electron chi connectivity index (χ0n) is 28.0. The number of nitrogens with two attached hydrogens (primary N) is 2. The van der Waals surface area contributed by atoms with Crippen molar-refractivity contribution in [2.75, 3.05) is 28.4 Å². The van der Waals surface area contributed by atoms with Crippen LogP contribution in [-0.2, 0) is 40.3 Å². The second-order valence-corrected chi connectivity index (χ2v) is 11.8. The van der Waals surface area contributed by atoms with Gasteiger partial charge < -0.3 is 21.3 Å². The van der Waals surface area contributed by atoms with Gasteiger partial charge in [0.25, 0.3) is 11.9 Å². The first-order valence-electron chi connectivity index (χ1n) is 16.0. The van der Waals surface area contributed by atoms with Crippen LogP contribution in [0, 0.1) is 0 Å². The SMILES string of the molecule is COC(=O)c1cccc(CN2C(=O)Cc3c(N)nc(-n4cccn4)nc32)c1.Nc1nc(-n2cccn2)nc2c1CC(=O)N2Cc1cccc(C(=O)O)c1. The van der Waals surface area contributed by atoms with Gasteiger partial charge in [0.1, 0.15) is 23.3 Å². The van der Waals surface area contributed by atoms with Gasteiger partial charge in [0.2, 0.25) is 11.8 Å². The summed E-state index contributed by atoms with van der Waals surface area (Å²) in [6.07, 6.45) is 6.82. The highest BCUT2D eigenvalue weighted by atomic mass is 16.5. The average Bonchev–Trinajstić information content (AvgIpc) is 3.98. The molecular formula is C35H30N12O6. The number of carbonyl (C=O) groups is 4. The molecule has 0 atom stereocenters. The van der Waals surface area contributed by atoms with Gasteiger partial charge in [-0.2, -0.15) is 30.1 Å². The zero-order valence-corrected chi connectivity index (χ0v) is 28.0. The average molecular weight is 715 g/mol. The van der Waals surface area contributed by atoms with Crippen LogP contribution in [0.15, 0.2) is 85.5 Å². The number of ether oxygens (including phenoxy) is 1. The molecule has 0 radical (unpaired) electrons. The van der Waals surface area contributed by atoms with Crippen molar-refractivity contribution in [3.05, 3.63) is 119 Å². The number of carboxylic acid groups (broad SMARTS) is 1.